The number of unbranched alkanes of at least 4 members (excludes halogenated alkanes) is 8. The van der Waals surface area contributed by atoms with Crippen molar-refractivity contribution in [2.45, 2.75) is 91.4 Å². The minimum atomic E-state index is 0.556. The first-order valence-electron chi connectivity index (χ1n) is 12.4. The largest absolute Gasteiger partial charge is 0.494 e. The fourth-order valence-corrected chi connectivity index (χ4v) is 3.55. The van der Waals surface area contributed by atoms with Gasteiger partial charge in [-0.05, 0) is 43.0 Å². The van der Waals surface area contributed by atoms with Crippen LogP contribution in [0.5, 0.6) is 11.5 Å². The van der Waals surface area contributed by atoms with Gasteiger partial charge in [-0.3, -0.25) is 0 Å². The molecule has 31 heavy (non-hydrogen) atoms. The first-order chi connectivity index (χ1) is 15.2. The van der Waals surface area contributed by atoms with Crippen LogP contribution in [0, 0.1) is 5.92 Å². The Labute approximate surface area is 189 Å². The standard InChI is InChI=1S/C27H42N2O2/c1-4-6-8-10-11-13-19-30-25-17-15-24(16-18-25)27-28-20-26(21-29-27)31-22-23(3)14-12-9-7-5-2/h15-18,20-21,23H,4-14,19,22H2,1-3H3. The van der Waals surface area contributed by atoms with Crippen molar-refractivity contribution in [2.75, 3.05) is 13.2 Å². The molecule has 0 amide bonds. The molecule has 172 valence electrons. The van der Waals surface area contributed by atoms with Gasteiger partial charge in [0.1, 0.15) is 5.75 Å². The van der Waals surface area contributed by atoms with Crippen LogP contribution in [0.15, 0.2) is 36.7 Å². The summed E-state index contributed by atoms with van der Waals surface area (Å²) in [7, 11) is 0. The highest BCUT2D eigenvalue weighted by Gasteiger charge is 2.06. The van der Waals surface area contributed by atoms with Gasteiger partial charge >= 0.3 is 0 Å². The maximum Gasteiger partial charge on any atom is 0.159 e. The van der Waals surface area contributed by atoms with Gasteiger partial charge in [0.25, 0.3) is 0 Å². The predicted octanol–water partition coefficient (Wildman–Crippen LogP) is 7.87. The summed E-state index contributed by atoms with van der Waals surface area (Å²) in [6, 6.07) is 8.04. The van der Waals surface area contributed by atoms with E-state index < -0.39 is 0 Å². The third-order valence-corrected chi connectivity index (χ3v) is 5.59. The Morgan fingerprint density at radius 1 is 0.710 bits per heavy atom. The fourth-order valence-electron chi connectivity index (χ4n) is 3.55. The maximum atomic E-state index is 5.88. The molecule has 4 nitrogen and oxygen atoms in total. The quantitative estimate of drug-likeness (QED) is 0.241. The summed E-state index contributed by atoms with van der Waals surface area (Å²) < 4.78 is 11.7. The van der Waals surface area contributed by atoms with Crippen LogP contribution >= 0.6 is 0 Å². The predicted molar refractivity (Wildman–Crippen MR) is 130 cm³/mol. The molecule has 0 spiro atoms. The van der Waals surface area contributed by atoms with E-state index in [0.717, 1.165) is 36.7 Å². The molecule has 0 aliphatic carbocycles. The van der Waals surface area contributed by atoms with Crippen LogP contribution in [0.25, 0.3) is 11.4 Å². The van der Waals surface area contributed by atoms with E-state index in [-0.39, 0.29) is 0 Å². The molecule has 0 saturated carbocycles. The SMILES string of the molecule is CCCCCCCCOc1ccc(-c2ncc(OCC(C)CCCCCC)cn2)cc1. The molecule has 2 aromatic rings. The monoisotopic (exact) mass is 426 g/mol. The average molecular weight is 427 g/mol. The van der Waals surface area contributed by atoms with E-state index in [9.17, 15) is 0 Å². The van der Waals surface area contributed by atoms with Crippen molar-refractivity contribution in [3.63, 3.8) is 0 Å². The van der Waals surface area contributed by atoms with Crippen molar-refractivity contribution in [1.29, 1.82) is 0 Å². The van der Waals surface area contributed by atoms with Gasteiger partial charge in [-0.25, -0.2) is 9.97 Å². The molecule has 1 heterocycles. The number of ether oxygens (including phenoxy) is 2. The molecule has 1 unspecified atom stereocenters. The van der Waals surface area contributed by atoms with E-state index in [1.807, 2.05) is 24.3 Å². The van der Waals surface area contributed by atoms with Gasteiger partial charge in [0.15, 0.2) is 11.6 Å². The summed E-state index contributed by atoms with van der Waals surface area (Å²) in [5.74, 6) is 2.91. The van der Waals surface area contributed by atoms with Crippen LogP contribution < -0.4 is 9.47 Å². The van der Waals surface area contributed by atoms with Crippen molar-refractivity contribution >= 4 is 0 Å². The third kappa shape index (κ3) is 10.7. The van der Waals surface area contributed by atoms with Gasteiger partial charge in [0, 0.05) is 5.56 Å². The fraction of sp³-hybridized carbons (Fsp3) is 0.630. The van der Waals surface area contributed by atoms with Crippen LogP contribution in [0.4, 0.5) is 0 Å². The number of rotatable bonds is 17. The van der Waals surface area contributed by atoms with E-state index >= 15 is 0 Å². The molecule has 2 rings (SSSR count). The van der Waals surface area contributed by atoms with Crippen molar-refractivity contribution in [1.82, 2.24) is 9.97 Å². The third-order valence-electron chi connectivity index (χ3n) is 5.59. The molecule has 0 N–H and O–H groups in total. The molecular formula is C27H42N2O2. The van der Waals surface area contributed by atoms with Gasteiger partial charge in [-0.15, -0.1) is 0 Å². The lowest BCUT2D eigenvalue weighted by atomic mass is 10.0. The van der Waals surface area contributed by atoms with E-state index in [4.69, 9.17) is 9.47 Å². The Kier molecular flexibility index (Phi) is 12.7. The number of hydrogen-bond acceptors (Lipinski definition) is 4. The maximum absolute atomic E-state index is 5.88. The lowest BCUT2D eigenvalue weighted by Gasteiger charge is -2.12. The zero-order chi connectivity index (χ0) is 22.2. The van der Waals surface area contributed by atoms with Gasteiger partial charge < -0.3 is 9.47 Å². The van der Waals surface area contributed by atoms with E-state index in [1.54, 1.807) is 12.4 Å². The Bertz CT molecular complexity index is 685. The summed E-state index contributed by atoms with van der Waals surface area (Å²) in [4.78, 5) is 8.95. The molecule has 0 radical (unpaired) electrons. The van der Waals surface area contributed by atoms with Crippen molar-refractivity contribution in [3.8, 4) is 22.9 Å². The Morgan fingerprint density at radius 2 is 1.32 bits per heavy atom. The molecular weight excluding hydrogens is 384 g/mol. The van der Waals surface area contributed by atoms with Gasteiger partial charge in [0.2, 0.25) is 0 Å². The molecule has 1 atom stereocenters. The summed E-state index contributed by atoms with van der Waals surface area (Å²) >= 11 is 0. The van der Waals surface area contributed by atoms with Crippen LogP contribution in [-0.2, 0) is 0 Å². The zero-order valence-corrected chi connectivity index (χ0v) is 19.9. The number of aromatic nitrogens is 2. The van der Waals surface area contributed by atoms with Crippen molar-refractivity contribution in [2.24, 2.45) is 5.92 Å². The second kappa shape index (κ2) is 15.7. The zero-order valence-electron chi connectivity index (χ0n) is 19.9. The second-order valence-electron chi connectivity index (χ2n) is 8.65. The van der Waals surface area contributed by atoms with E-state index in [0.29, 0.717) is 11.7 Å². The van der Waals surface area contributed by atoms with Crippen LogP contribution in [0.1, 0.15) is 91.4 Å². The lowest BCUT2D eigenvalue weighted by molar-refractivity contribution is 0.247. The Balaban J connectivity index is 1.69. The molecule has 1 aromatic heterocycles. The summed E-state index contributed by atoms with van der Waals surface area (Å²) in [6.45, 7) is 8.25. The highest BCUT2D eigenvalue weighted by Crippen LogP contribution is 2.21. The number of benzene rings is 1. The van der Waals surface area contributed by atoms with E-state index in [1.165, 1.54) is 64.2 Å². The molecule has 0 aliphatic heterocycles. The minimum Gasteiger partial charge on any atom is -0.494 e. The highest BCUT2D eigenvalue weighted by atomic mass is 16.5. The van der Waals surface area contributed by atoms with E-state index in [2.05, 4.69) is 30.7 Å². The lowest BCUT2D eigenvalue weighted by Crippen LogP contribution is -2.09. The topological polar surface area (TPSA) is 44.2 Å². The van der Waals surface area contributed by atoms with Crippen LogP contribution in [0.2, 0.25) is 0 Å². The number of nitrogens with zero attached hydrogens (tertiary/aromatic N) is 2. The normalized spacial score (nSPS) is 12.0. The van der Waals surface area contributed by atoms with Gasteiger partial charge in [0.05, 0.1) is 25.6 Å². The first-order valence-corrected chi connectivity index (χ1v) is 12.4. The van der Waals surface area contributed by atoms with Gasteiger partial charge in [-0.1, -0.05) is 78.6 Å². The molecule has 1 aromatic carbocycles. The Hall–Kier alpha value is -2.10. The van der Waals surface area contributed by atoms with Crippen molar-refractivity contribution < 1.29 is 9.47 Å². The van der Waals surface area contributed by atoms with Gasteiger partial charge in [-0.2, -0.15) is 0 Å². The average Bonchev–Trinajstić information content (AvgIpc) is 2.81. The minimum absolute atomic E-state index is 0.556. The highest BCUT2D eigenvalue weighted by molar-refractivity contribution is 5.56. The molecule has 0 bridgehead atoms. The van der Waals surface area contributed by atoms with Crippen LogP contribution in [0.3, 0.4) is 0 Å². The number of hydrogen-bond donors (Lipinski definition) is 0. The molecule has 0 fully saturated rings. The first kappa shape index (κ1) is 25.2. The Morgan fingerprint density at radius 3 is 2.00 bits per heavy atom. The smallest absolute Gasteiger partial charge is 0.159 e. The molecule has 4 heteroatoms. The summed E-state index contributed by atoms with van der Waals surface area (Å²) in [5.41, 5.74) is 0.989. The summed E-state index contributed by atoms with van der Waals surface area (Å²) in [6.07, 6.45) is 17.6. The van der Waals surface area contributed by atoms with Crippen LogP contribution in [-0.4, -0.2) is 23.2 Å². The van der Waals surface area contributed by atoms with Crippen molar-refractivity contribution in [3.05, 3.63) is 36.7 Å². The summed E-state index contributed by atoms with van der Waals surface area (Å²) in [5, 5.41) is 0. The molecule has 0 saturated heterocycles. The second-order valence-corrected chi connectivity index (χ2v) is 8.65. The molecule has 0 aliphatic rings.